The molecule has 34 heavy (non-hydrogen) atoms. The number of benzene rings is 2. The van der Waals surface area contributed by atoms with Crippen LogP contribution in [-0.2, 0) is 17.8 Å². The Hall–Kier alpha value is -4.06. The largest absolute Gasteiger partial charge is 0.352 e. The third-order valence-electron chi connectivity index (χ3n) is 5.85. The number of aryl methyl sites for hydroxylation is 2. The molecule has 0 saturated carbocycles. The molecule has 2 aromatic carbocycles. The van der Waals surface area contributed by atoms with Crippen molar-refractivity contribution >= 4 is 22.6 Å². The maximum absolute atomic E-state index is 13.2. The number of aromatic nitrogens is 2. The summed E-state index contributed by atoms with van der Waals surface area (Å²) in [5.74, 6) is -0.561. The summed E-state index contributed by atoms with van der Waals surface area (Å²) in [7, 11) is 0. The number of nitrogens with zero attached hydrogens (tertiary/aromatic N) is 2. The van der Waals surface area contributed by atoms with Crippen molar-refractivity contribution in [1.29, 1.82) is 0 Å². The molecule has 0 fully saturated rings. The van der Waals surface area contributed by atoms with E-state index in [0.717, 1.165) is 18.4 Å². The fourth-order valence-electron chi connectivity index (χ4n) is 4.04. The van der Waals surface area contributed by atoms with E-state index in [1.54, 1.807) is 22.8 Å². The Labute approximate surface area is 198 Å². The first-order chi connectivity index (χ1) is 16.4. The van der Waals surface area contributed by atoms with E-state index in [9.17, 15) is 14.4 Å². The van der Waals surface area contributed by atoms with E-state index in [1.165, 1.54) is 24.2 Å². The molecule has 0 aliphatic carbocycles. The number of carbonyl (C=O) groups excluding carboxylic acids is 2. The van der Waals surface area contributed by atoms with E-state index in [2.05, 4.69) is 22.4 Å². The van der Waals surface area contributed by atoms with Crippen molar-refractivity contribution in [1.82, 2.24) is 14.9 Å². The van der Waals surface area contributed by atoms with Crippen LogP contribution in [0.2, 0.25) is 0 Å². The van der Waals surface area contributed by atoms with Gasteiger partial charge in [0.25, 0.3) is 0 Å². The highest BCUT2D eigenvalue weighted by Gasteiger charge is 2.19. The van der Waals surface area contributed by atoms with Crippen molar-refractivity contribution in [2.45, 2.75) is 39.3 Å². The molecule has 4 aromatic rings. The zero-order valence-corrected chi connectivity index (χ0v) is 19.3. The summed E-state index contributed by atoms with van der Waals surface area (Å²) in [6.45, 7) is 3.87. The molecule has 0 saturated heterocycles. The highest BCUT2D eigenvalue weighted by Crippen LogP contribution is 2.16. The van der Waals surface area contributed by atoms with Crippen molar-refractivity contribution in [3.8, 4) is 0 Å². The van der Waals surface area contributed by atoms with Gasteiger partial charge in [-0.3, -0.25) is 19.4 Å². The molecule has 2 aromatic heterocycles. The molecule has 0 spiro atoms. The van der Waals surface area contributed by atoms with Gasteiger partial charge in [-0.15, -0.1) is 0 Å². The standard InChI is InChI=1S/C28H27N3O3/c1-19-8-11-25-23(16-19)28(34)24(27(33)22-12-14-29-15-13-22)17-31(25)18-26(32)30-20(2)9-10-21-6-4-3-5-7-21/h3-8,11-17,20H,9-10,18H2,1-2H3,(H,30,32). The van der Waals surface area contributed by atoms with E-state index in [1.807, 2.05) is 44.2 Å². The van der Waals surface area contributed by atoms with E-state index >= 15 is 0 Å². The lowest BCUT2D eigenvalue weighted by Crippen LogP contribution is -2.36. The lowest BCUT2D eigenvalue weighted by molar-refractivity contribution is -0.122. The Morgan fingerprint density at radius 2 is 1.76 bits per heavy atom. The molecule has 0 aliphatic rings. The van der Waals surface area contributed by atoms with Gasteiger partial charge in [-0.25, -0.2) is 0 Å². The average molecular weight is 454 g/mol. The van der Waals surface area contributed by atoms with Gasteiger partial charge in [-0.05, 0) is 56.5 Å². The smallest absolute Gasteiger partial charge is 0.240 e. The minimum absolute atomic E-state index is 0.00609. The van der Waals surface area contributed by atoms with Crippen molar-refractivity contribution in [3.05, 3.63) is 112 Å². The second-order valence-electron chi connectivity index (χ2n) is 8.58. The molecule has 6 heteroatoms. The zero-order valence-electron chi connectivity index (χ0n) is 19.3. The van der Waals surface area contributed by atoms with Gasteiger partial charge in [-0.2, -0.15) is 0 Å². The minimum atomic E-state index is -0.388. The van der Waals surface area contributed by atoms with Crippen LogP contribution in [-0.4, -0.2) is 27.3 Å². The van der Waals surface area contributed by atoms with Crippen molar-refractivity contribution in [2.75, 3.05) is 0 Å². The SMILES string of the molecule is Cc1ccc2c(c1)c(=O)c(C(=O)c1ccncc1)cn2CC(=O)NC(C)CCc1ccccc1. The van der Waals surface area contributed by atoms with Gasteiger partial charge in [0.1, 0.15) is 6.54 Å². The molecule has 4 rings (SSSR count). The Bertz CT molecular complexity index is 1380. The summed E-state index contributed by atoms with van der Waals surface area (Å²) in [4.78, 5) is 43.1. The third kappa shape index (κ3) is 5.29. The molecule has 1 atom stereocenters. The Morgan fingerprint density at radius 1 is 1.03 bits per heavy atom. The quantitative estimate of drug-likeness (QED) is 0.408. The van der Waals surface area contributed by atoms with Gasteiger partial charge in [0.15, 0.2) is 5.78 Å². The number of fused-ring (bicyclic) bond motifs is 1. The monoisotopic (exact) mass is 453 g/mol. The number of rotatable bonds is 8. The number of hydrogen-bond acceptors (Lipinski definition) is 4. The van der Waals surface area contributed by atoms with Crippen LogP contribution in [0.5, 0.6) is 0 Å². The number of pyridine rings is 2. The molecule has 6 nitrogen and oxygen atoms in total. The molecule has 0 aliphatic heterocycles. The summed E-state index contributed by atoms with van der Waals surface area (Å²) in [6, 6.07) is 18.8. The Morgan fingerprint density at radius 3 is 2.50 bits per heavy atom. The van der Waals surface area contributed by atoms with Crippen LogP contribution >= 0.6 is 0 Å². The number of carbonyl (C=O) groups is 2. The van der Waals surface area contributed by atoms with E-state index in [4.69, 9.17) is 0 Å². The van der Waals surface area contributed by atoms with Crippen LogP contribution in [0.15, 0.2) is 84.0 Å². The highest BCUT2D eigenvalue weighted by molar-refractivity contribution is 6.10. The van der Waals surface area contributed by atoms with Crippen molar-refractivity contribution in [2.24, 2.45) is 0 Å². The molecular formula is C28H27N3O3. The Balaban J connectivity index is 1.58. The molecule has 1 amide bonds. The summed E-state index contributed by atoms with van der Waals surface area (Å²) in [5.41, 5.74) is 2.83. The van der Waals surface area contributed by atoms with E-state index in [0.29, 0.717) is 16.5 Å². The van der Waals surface area contributed by atoms with Crippen molar-refractivity contribution < 1.29 is 9.59 Å². The molecule has 0 bridgehead atoms. The predicted octanol–water partition coefficient (Wildman–Crippen LogP) is 4.07. The fraction of sp³-hybridized carbons (Fsp3) is 0.214. The Kier molecular flexibility index (Phi) is 6.97. The first kappa shape index (κ1) is 23.1. The zero-order chi connectivity index (χ0) is 24.1. The number of amides is 1. The summed E-state index contributed by atoms with van der Waals surface area (Å²) < 4.78 is 1.68. The average Bonchev–Trinajstić information content (AvgIpc) is 2.85. The lowest BCUT2D eigenvalue weighted by atomic mass is 10.0. The predicted molar refractivity (Wildman–Crippen MR) is 133 cm³/mol. The minimum Gasteiger partial charge on any atom is -0.352 e. The molecule has 2 heterocycles. The van der Waals surface area contributed by atoms with Crippen LogP contribution in [0.25, 0.3) is 10.9 Å². The molecule has 0 radical (unpaired) electrons. The number of hydrogen-bond donors (Lipinski definition) is 1. The lowest BCUT2D eigenvalue weighted by Gasteiger charge is -2.17. The number of nitrogens with one attached hydrogen (secondary N) is 1. The second-order valence-corrected chi connectivity index (χ2v) is 8.58. The highest BCUT2D eigenvalue weighted by atomic mass is 16.2. The number of ketones is 1. The van der Waals surface area contributed by atoms with Gasteiger partial charge in [-0.1, -0.05) is 42.0 Å². The van der Waals surface area contributed by atoms with Crippen LogP contribution < -0.4 is 10.7 Å². The molecule has 1 N–H and O–H groups in total. The van der Waals surface area contributed by atoms with Crippen LogP contribution in [0.3, 0.4) is 0 Å². The van der Waals surface area contributed by atoms with E-state index < -0.39 is 0 Å². The van der Waals surface area contributed by atoms with Crippen LogP contribution in [0.1, 0.15) is 40.4 Å². The second kappa shape index (κ2) is 10.3. The van der Waals surface area contributed by atoms with Crippen LogP contribution in [0, 0.1) is 6.92 Å². The molecular weight excluding hydrogens is 426 g/mol. The first-order valence-corrected chi connectivity index (χ1v) is 11.3. The summed E-state index contributed by atoms with van der Waals surface area (Å²) in [5, 5.41) is 3.46. The van der Waals surface area contributed by atoms with Gasteiger partial charge in [0, 0.05) is 35.6 Å². The summed E-state index contributed by atoms with van der Waals surface area (Å²) in [6.07, 6.45) is 6.21. The maximum Gasteiger partial charge on any atom is 0.240 e. The van der Waals surface area contributed by atoms with Gasteiger partial charge < -0.3 is 9.88 Å². The van der Waals surface area contributed by atoms with E-state index in [-0.39, 0.29) is 35.3 Å². The van der Waals surface area contributed by atoms with Crippen molar-refractivity contribution in [3.63, 3.8) is 0 Å². The van der Waals surface area contributed by atoms with Gasteiger partial charge >= 0.3 is 0 Å². The first-order valence-electron chi connectivity index (χ1n) is 11.3. The summed E-state index contributed by atoms with van der Waals surface area (Å²) >= 11 is 0. The van der Waals surface area contributed by atoms with Gasteiger partial charge in [0.05, 0.1) is 11.1 Å². The normalized spacial score (nSPS) is 11.8. The topological polar surface area (TPSA) is 81.1 Å². The van der Waals surface area contributed by atoms with Gasteiger partial charge in [0.2, 0.25) is 11.3 Å². The third-order valence-corrected chi connectivity index (χ3v) is 5.85. The molecule has 172 valence electrons. The fourth-order valence-corrected chi connectivity index (χ4v) is 4.04. The van der Waals surface area contributed by atoms with Crippen LogP contribution in [0.4, 0.5) is 0 Å². The molecule has 1 unspecified atom stereocenters. The maximum atomic E-state index is 13.2.